The van der Waals surface area contributed by atoms with Gasteiger partial charge in [0.2, 0.25) is 11.8 Å². The van der Waals surface area contributed by atoms with Gasteiger partial charge in [-0.25, -0.2) is 0 Å². The maximum Gasteiger partial charge on any atom is 0.242 e. The Morgan fingerprint density at radius 2 is 1.60 bits per heavy atom. The first kappa shape index (κ1) is 12.9. The normalized spacial score (nSPS) is 21.9. The van der Waals surface area contributed by atoms with Crippen LogP contribution in [0.3, 0.4) is 0 Å². The van der Waals surface area contributed by atoms with Crippen LogP contribution >= 0.6 is 11.6 Å². The number of nitrogens with one attached hydrogen (secondary N) is 1. The zero-order valence-electron chi connectivity index (χ0n) is 10.6. The Bertz CT molecular complexity index is 684. The van der Waals surface area contributed by atoms with Crippen molar-refractivity contribution in [2.45, 2.75) is 11.8 Å². The number of benzene rings is 2. The molecule has 2 aromatic carbocycles. The topological polar surface area (TPSA) is 46.2 Å². The highest BCUT2D eigenvalue weighted by Gasteiger charge is 2.50. The smallest absolute Gasteiger partial charge is 0.242 e. The predicted molar refractivity (Wildman–Crippen MR) is 76.4 cm³/mol. The van der Waals surface area contributed by atoms with Gasteiger partial charge in [-0.2, -0.15) is 0 Å². The summed E-state index contributed by atoms with van der Waals surface area (Å²) in [7, 11) is 0. The zero-order valence-corrected chi connectivity index (χ0v) is 11.4. The zero-order chi connectivity index (χ0) is 14.2. The van der Waals surface area contributed by atoms with E-state index in [1.807, 2.05) is 36.4 Å². The SMILES string of the molecule is O=C1C[C@](c2ccccc2)(c2ccccc2Cl)C(=O)N1. The standard InChI is InChI=1S/C16H12ClNO2/c17-13-9-5-4-8-12(13)16(10-14(19)18-15(16)20)11-6-2-1-3-7-11/h1-9H,10H2,(H,18,19,20)/t16-/m0/s1. The summed E-state index contributed by atoms with van der Waals surface area (Å²) in [4.78, 5) is 24.2. The molecule has 0 saturated carbocycles. The van der Waals surface area contributed by atoms with E-state index in [4.69, 9.17) is 11.6 Å². The lowest BCUT2D eigenvalue weighted by atomic mass is 9.73. The van der Waals surface area contributed by atoms with Gasteiger partial charge < -0.3 is 0 Å². The van der Waals surface area contributed by atoms with Gasteiger partial charge in [0.05, 0.1) is 0 Å². The molecule has 3 rings (SSSR count). The van der Waals surface area contributed by atoms with Crippen molar-refractivity contribution in [3.05, 3.63) is 70.7 Å². The molecule has 1 fully saturated rings. The quantitative estimate of drug-likeness (QED) is 0.862. The van der Waals surface area contributed by atoms with Gasteiger partial charge in [0.1, 0.15) is 5.41 Å². The molecule has 0 unspecified atom stereocenters. The Balaban J connectivity index is 2.28. The van der Waals surface area contributed by atoms with Crippen molar-refractivity contribution in [2.75, 3.05) is 0 Å². The number of amides is 2. The largest absolute Gasteiger partial charge is 0.295 e. The van der Waals surface area contributed by atoms with Crippen LogP contribution in [-0.2, 0) is 15.0 Å². The minimum Gasteiger partial charge on any atom is -0.295 e. The van der Waals surface area contributed by atoms with Crippen molar-refractivity contribution in [3.8, 4) is 0 Å². The van der Waals surface area contributed by atoms with Crippen LogP contribution in [0.4, 0.5) is 0 Å². The maximum atomic E-state index is 12.5. The summed E-state index contributed by atoms with van der Waals surface area (Å²) in [6.07, 6.45) is 0.0829. The van der Waals surface area contributed by atoms with Gasteiger partial charge in [-0.3, -0.25) is 14.9 Å². The molecule has 2 aromatic rings. The van der Waals surface area contributed by atoms with Crippen molar-refractivity contribution in [1.82, 2.24) is 5.32 Å². The van der Waals surface area contributed by atoms with Crippen LogP contribution in [0.15, 0.2) is 54.6 Å². The third-order valence-corrected chi connectivity index (χ3v) is 4.00. The molecule has 1 aliphatic rings. The van der Waals surface area contributed by atoms with Gasteiger partial charge in [-0.05, 0) is 17.2 Å². The van der Waals surface area contributed by atoms with Crippen molar-refractivity contribution in [2.24, 2.45) is 0 Å². The first-order chi connectivity index (χ1) is 9.64. The minimum atomic E-state index is -1.03. The van der Waals surface area contributed by atoms with Crippen LogP contribution in [0.2, 0.25) is 5.02 Å². The lowest BCUT2D eigenvalue weighted by molar-refractivity contribution is -0.125. The van der Waals surface area contributed by atoms with Crippen LogP contribution in [0, 0.1) is 0 Å². The monoisotopic (exact) mass is 285 g/mol. The molecule has 1 aliphatic heterocycles. The fraction of sp³-hybridized carbons (Fsp3) is 0.125. The van der Waals surface area contributed by atoms with Crippen LogP contribution in [-0.4, -0.2) is 11.8 Å². The fourth-order valence-electron chi connectivity index (χ4n) is 2.73. The molecule has 3 nitrogen and oxygen atoms in total. The van der Waals surface area contributed by atoms with Crippen LogP contribution in [0.1, 0.15) is 17.5 Å². The Kier molecular flexibility index (Phi) is 3.07. The van der Waals surface area contributed by atoms with Crippen molar-refractivity contribution >= 4 is 23.4 Å². The molecule has 100 valence electrons. The van der Waals surface area contributed by atoms with Gasteiger partial charge in [0.25, 0.3) is 0 Å². The second-order valence-corrected chi connectivity index (χ2v) is 5.21. The molecule has 0 aromatic heterocycles. The van der Waals surface area contributed by atoms with E-state index in [9.17, 15) is 9.59 Å². The third kappa shape index (κ3) is 1.82. The average Bonchev–Trinajstić information content (AvgIpc) is 2.76. The number of imide groups is 1. The molecule has 2 amide bonds. The van der Waals surface area contributed by atoms with E-state index in [1.165, 1.54) is 0 Å². The van der Waals surface area contributed by atoms with E-state index in [2.05, 4.69) is 5.32 Å². The summed E-state index contributed by atoms with van der Waals surface area (Å²) >= 11 is 6.27. The molecular weight excluding hydrogens is 274 g/mol. The Morgan fingerprint density at radius 3 is 2.20 bits per heavy atom. The van der Waals surface area contributed by atoms with Crippen LogP contribution in [0.5, 0.6) is 0 Å². The second kappa shape index (κ2) is 4.76. The molecule has 0 aliphatic carbocycles. The summed E-state index contributed by atoms with van der Waals surface area (Å²) in [6, 6.07) is 16.4. The molecule has 0 bridgehead atoms. The lowest BCUT2D eigenvalue weighted by Gasteiger charge is -2.27. The maximum absolute atomic E-state index is 12.5. The predicted octanol–water partition coefficient (Wildman–Crippen LogP) is 2.67. The summed E-state index contributed by atoms with van der Waals surface area (Å²) in [5.41, 5.74) is 0.407. The molecule has 4 heteroatoms. The molecule has 0 radical (unpaired) electrons. The Labute approximate surface area is 121 Å². The van der Waals surface area contributed by atoms with E-state index in [0.717, 1.165) is 5.56 Å². The number of hydrogen-bond donors (Lipinski definition) is 1. The molecular formula is C16H12ClNO2. The number of carbonyl (C=O) groups excluding carboxylic acids is 2. The highest BCUT2D eigenvalue weighted by molar-refractivity contribution is 6.32. The second-order valence-electron chi connectivity index (χ2n) is 4.81. The summed E-state index contributed by atoms with van der Waals surface area (Å²) in [6.45, 7) is 0. The summed E-state index contributed by atoms with van der Waals surface area (Å²) in [5.74, 6) is -0.597. The summed E-state index contributed by atoms with van der Waals surface area (Å²) in [5, 5.41) is 2.88. The van der Waals surface area contributed by atoms with E-state index in [-0.39, 0.29) is 18.2 Å². The van der Waals surface area contributed by atoms with E-state index < -0.39 is 5.41 Å². The first-order valence-electron chi connectivity index (χ1n) is 6.29. The minimum absolute atomic E-state index is 0.0829. The number of carbonyl (C=O) groups is 2. The van der Waals surface area contributed by atoms with Crippen LogP contribution in [0.25, 0.3) is 0 Å². The van der Waals surface area contributed by atoms with Gasteiger partial charge in [-0.1, -0.05) is 60.1 Å². The molecule has 20 heavy (non-hydrogen) atoms. The fourth-order valence-corrected chi connectivity index (χ4v) is 3.03. The van der Waals surface area contributed by atoms with E-state index in [1.54, 1.807) is 18.2 Å². The number of hydrogen-bond acceptors (Lipinski definition) is 2. The van der Waals surface area contributed by atoms with Crippen molar-refractivity contribution < 1.29 is 9.59 Å². The van der Waals surface area contributed by atoms with Gasteiger partial charge in [0.15, 0.2) is 0 Å². The third-order valence-electron chi connectivity index (χ3n) is 3.67. The molecule has 1 saturated heterocycles. The molecule has 1 N–H and O–H groups in total. The number of rotatable bonds is 2. The molecule has 1 heterocycles. The van der Waals surface area contributed by atoms with Gasteiger partial charge >= 0.3 is 0 Å². The molecule has 0 spiro atoms. The average molecular weight is 286 g/mol. The van der Waals surface area contributed by atoms with Gasteiger partial charge in [0, 0.05) is 11.4 Å². The van der Waals surface area contributed by atoms with Crippen molar-refractivity contribution in [3.63, 3.8) is 0 Å². The Morgan fingerprint density at radius 1 is 0.950 bits per heavy atom. The Hall–Kier alpha value is -2.13. The lowest BCUT2D eigenvalue weighted by Crippen LogP contribution is -2.37. The summed E-state index contributed by atoms with van der Waals surface area (Å²) < 4.78 is 0. The van der Waals surface area contributed by atoms with Crippen LogP contribution < -0.4 is 5.32 Å². The van der Waals surface area contributed by atoms with E-state index >= 15 is 0 Å². The highest BCUT2D eigenvalue weighted by atomic mass is 35.5. The first-order valence-corrected chi connectivity index (χ1v) is 6.67. The highest BCUT2D eigenvalue weighted by Crippen LogP contribution is 2.42. The molecule has 1 atom stereocenters. The van der Waals surface area contributed by atoms with Gasteiger partial charge in [-0.15, -0.1) is 0 Å². The van der Waals surface area contributed by atoms with E-state index in [0.29, 0.717) is 10.6 Å². The number of halogens is 1. The van der Waals surface area contributed by atoms with Crippen molar-refractivity contribution in [1.29, 1.82) is 0 Å².